The van der Waals surface area contributed by atoms with E-state index in [0.717, 1.165) is 17.4 Å². The minimum Gasteiger partial charge on any atom is -0.345 e. The topological polar surface area (TPSA) is 28.2 Å². The van der Waals surface area contributed by atoms with Crippen molar-refractivity contribution < 1.29 is 0 Å². The molecule has 1 aromatic rings. The van der Waals surface area contributed by atoms with Gasteiger partial charge in [0.05, 0.1) is 5.69 Å². The number of rotatable bonds is 6. The van der Waals surface area contributed by atoms with Crippen LogP contribution in [-0.2, 0) is 0 Å². The van der Waals surface area contributed by atoms with Crippen molar-refractivity contribution in [1.82, 2.24) is 10.3 Å². The lowest BCUT2D eigenvalue weighted by Crippen LogP contribution is -2.34. The molecular formula is C13H25N3S. The molecule has 3 nitrogen and oxygen atoms in total. The molecule has 0 saturated heterocycles. The van der Waals surface area contributed by atoms with Crippen LogP contribution < -0.4 is 10.2 Å². The molecule has 1 atom stereocenters. The first-order valence-corrected chi connectivity index (χ1v) is 7.23. The minimum absolute atomic E-state index is 0.327. The Hall–Kier alpha value is -0.610. The van der Waals surface area contributed by atoms with Gasteiger partial charge in [-0.15, -0.1) is 11.3 Å². The third-order valence-corrected chi connectivity index (χ3v) is 3.71. The third kappa shape index (κ3) is 3.96. The number of nitrogens with one attached hydrogen (secondary N) is 1. The maximum atomic E-state index is 4.74. The molecule has 0 aliphatic heterocycles. The van der Waals surface area contributed by atoms with Gasteiger partial charge in [0, 0.05) is 24.0 Å². The van der Waals surface area contributed by atoms with E-state index in [0.29, 0.717) is 18.0 Å². The van der Waals surface area contributed by atoms with Gasteiger partial charge in [-0.2, -0.15) is 0 Å². The molecule has 0 radical (unpaired) electrons. The number of anilines is 1. The summed E-state index contributed by atoms with van der Waals surface area (Å²) >= 11 is 1.75. The van der Waals surface area contributed by atoms with E-state index in [1.807, 2.05) is 7.05 Å². The molecule has 0 fully saturated rings. The van der Waals surface area contributed by atoms with Crippen molar-refractivity contribution in [3.63, 3.8) is 0 Å². The summed E-state index contributed by atoms with van der Waals surface area (Å²) in [5, 5.41) is 6.53. The van der Waals surface area contributed by atoms with E-state index in [4.69, 9.17) is 4.98 Å². The van der Waals surface area contributed by atoms with E-state index in [1.54, 1.807) is 11.3 Å². The molecule has 0 aliphatic rings. The second kappa shape index (κ2) is 6.36. The summed E-state index contributed by atoms with van der Waals surface area (Å²) in [6.07, 6.45) is 0. The highest BCUT2D eigenvalue weighted by Gasteiger charge is 2.17. The first-order valence-electron chi connectivity index (χ1n) is 6.35. The second-order valence-corrected chi connectivity index (χ2v) is 6.04. The quantitative estimate of drug-likeness (QED) is 0.845. The van der Waals surface area contributed by atoms with Crippen molar-refractivity contribution in [3.8, 4) is 0 Å². The lowest BCUT2D eigenvalue weighted by molar-refractivity contribution is 0.567. The van der Waals surface area contributed by atoms with Gasteiger partial charge in [0.15, 0.2) is 5.13 Å². The summed E-state index contributed by atoms with van der Waals surface area (Å²) in [6.45, 7) is 12.2. The van der Waals surface area contributed by atoms with Gasteiger partial charge in [-0.25, -0.2) is 4.98 Å². The molecule has 17 heavy (non-hydrogen) atoms. The molecule has 0 aromatic carbocycles. The highest BCUT2D eigenvalue weighted by atomic mass is 32.1. The first-order chi connectivity index (χ1) is 7.95. The molecule has 1 heterocycles. The summed E-state index contributed by atoms with van der Waals surface area (Å²) in [4.78, 5) is 7.13. The van der Waals surface area contributed by atoms with Crippen LogP contribution >= 0.6 is 11.3 Å². The van der Waals surface area contributed by atoms with Gasteiger partial charge in [0.25, 0.3) is 0 Å². The van der Waals surface area contributed by atoms with Gasteiger partial charge < -0.3 is 10.2 Å². The van der Waals surface area contributed by atoms with Gasteiger partial charge in [-0.3, -0.25) is 0 Å². The predicted molar refractivity (Wildman–Crippen MR) is 76.9 cm³/mol. The van der Waals surface area contributed by atoms with Gasteiger partial charge in [0.1, 0.15) is 0 Å². The average Bonchev–Trinajstić information content (AvgIpc) is 2.73. The van der Waals surface area contributed by atoms with Crippen molar-refractivity contribution >= 4 is 16.5 Å². The molecule has 1 aromatic heterocycles. The normalized spacial score (nSPS) is 13.4. The van der Waals surface area contributed by atoms with Crippen LogP contribution in [0.2, 0.25) is 0 Å². The van der Waals surface area contributed by atoms with Crippen molar-refractivity contribution in [2.24, 2.45) is 5.92 Å². The highest BCUT2D eigenvalue weighted by molar-refractivity contribution is 7.13. The molecule has 98 valence electrons. The van der Waals surface area contributed by atoms with Crippen LogP contribution in [0.4, 0.5) is 5.13 Å². The first kappa shape index (κ1) is 14.5. The van der Waals surface area contributed by atoms with Crippen LogP contribution in [0.5, 0.6) is 0 Å². The second-order valence-electron chi connectivity index (χ2n) is 5.21. The molecule has 4 heteroatoms. The largest absolute Gasteiger partial charge is 0.345 e. The predicted octanol–water partition coefficient (Wildman–Crippen LogP) is 3.29. The third-order valence-electron chi connectivity index (χ3n) is 2.82. The summed E-state index contributed by atoms with van der Waals surface area (Å²) in [5.74, 6) is 0.659. The minimum atomic E-state index is 0.327. The van der Waals surface area contributed by atoms with Crippen molar-refractivity contribution in [3.05, 3.63) is 11.1 Å². The molecule has 1 unspecified atom stereocenters. The summed E-state index contributed by atoms with van der Waals surface area (Å²) < 4.78 is 0. The summed E-state index contributed by atoms with van der Waals surface area (Å²) in [6, 6.07) is 0.828. The zero-order valence-corrected chi connectivity index (χ0v) is 12.6. The Balaban J connectivity index is 2.84. The van der Waals surface area contributed by atoms with Crippen LogP contribution in [-0.4, -0.2) is 24.6 Å². The maximum absolute atomic E-state index is 4.74. The Morgan fingerprint density at radius 2 is 1.94 bits per heavy atom. The molecule has 0 saturated carbocycles. The lowest BCUT2D eigenvalue weighted by atomic mass is 10.2. The molecule has 0 amide bonds. The molecule has 1 N–H and O–H groups in total. The molecule has 1 rings (SSSR count). The van der Waals surface area contributed by atoms with E-state index >= 15 is 0 Å². The molecule has 0 bridgehead atoms. The van der Waals surface area contributed by atoms with E-state index in [9.17, 15) is 0 Å². The van der Waals surface area contributed by atoms with E-state index in [2.05, 4.69) is 50.2 Å². The average molecular weight is 255 g/mol. The fourth-order valence-electron chi connectivity index (χ4n) is 1.66. The Bertz CT molecular complexity index is 333. The van der Waals surface area contributed by atoms with Gasteiger partial charge >= 0.3 is 0 Å². The Labute approximate surface area is 109 Å². The lowest BCUT2D eigenvalue weighted by Gasteiger charge is -2.27. The standard InChI is InChI=1S/C13H25N3S/c1-9(2)7-16(10(3)4)13-15-12(8-17-13)11(5)14-6/h8-11,14H,7H2,1-6H3. The monoisotopic (exact) mass is 255 g/mol. The Kier molecular flexibility index (Phi) is 5.40. The Morgan fingerprint density at radius 1 is 1.29 bits per heavy atom. The number of aromatic nitrogens is 1. The van der Waals surface area contributed by atoms with Crippen LogP contribution in [0.1, 0.15) is 46.4 Å². The van der Waals surface area contributed by atoms with Crippen molar-refractivity contribution in [2.75, 3.05) is 18.5 Å². The van der Waals surface area contributed by atoms with Crippen molar-refractivity contribution in [2.45, 2.75) is 46.7 Å². The van der Waals surface area contributed by atoms with Crippen LogP contribution in [0.15, 0.2) is 5.38 Å². The van der Waals surface area contributed by atoms with Crippen LogP contribution in [0.25, 0.3) is 0 Å². The summed E-state index contributed by atoms with van der Waals surface area (Å²) in [7, 11) is 1.97. The SMILES string of the molecule is CNC(C)c1csc(N(CC(C)C)C(C)C)n1. The fraction of sp³-hybridized carbons (Fsp3) is 0.769. The fourth-order valence-corrected chi connectivity index (χ4v) is 2.72. The molecule has 0 aliphatic carbocycles. The Morgan fingerprint density at radius 3 is 2.41 bits per heavy atom. The smallest absolute Gasteiger partial charge is 0.185 e. The summed E-state index contributed by atoms with van der Waals surface area (Å²) in [5.41, 5.74) is 1.14. The number of hydrogen-bond donors (Lipinski definition) is 1. The number of thiazole rings is 1. The van der Waals surface area contributed by atoms with E-state index in [-0.39, 0.29) is 0 Å². The zero-order valence-electron chi connectivity index (χ0n) is 11.8. The number of nitrogens with zero attached hydrogens (tertiary/aromatic N) is 2. The molecule has 0 spiro atoms. The van der Waals surface area contributed by atoms with Gasteiger partial charge in [-0.1, -0.05) is 13.8 Å². The number of hydrogen-bond acceptors (Lipinski definition) is 4. The van der Waals surface area contributed by atoms with Crippen LogP contribution in [0.3, 0.4) is 0 Å². The maximum Gasteiger partial charge on any atom is 0.185 e. The van der Waals surface area contributed by atoms with Gasteiger partial charge in [0.2, 0.25) is 0 Å². The zero-order chi connectivity index (χ0) is 13.0. The van der Waals surface area contributed by atoms with Crippen molar-refractivity contribution in [1.29, 1.82) is 0 Å². The molecular weight excluding hydrogens is 230 g/mol. The van der Waals surface area contributed by atoms with E-state index in [1.165, 1.54) is 0 Å². The van der Waals surface area contributed by atoms with Crippen LogP contribution in [0, 0.1) is 5.92 Å². The highest BCUT2D eigenvalue weighted by Crippen LogP contribution is 2.26. The van der Waals surface area contributed by atoms with E-state index < -0.39 is 0 Å². The van der Waals surface area contributed by atoms with Gasteiger partial charge in [-0.05, 0) is 33.7 Å².